The fourth-order valence-electron chi connectivity index (χ4n) is 2.52. The molecule has 0 aliphatic carbocycles. The van der Waals surface area contributed by atoms with Gasteiger partial charge in [0, 0.05) is 31.8 Å². The molecule has 1 fully saturated rings. The van der Waals surface area contributed by atoms with Crippen LogP contribution in [0.25, 0.3) is 6.08 Å². The molecular weight excluding hydrogens is 330 g/mol. The van der Waals surface area contributed by atoms with Crippen LogP contribution in [0.2, 0.25) is 0 Å². The number of piperazine rings is 1. The summed E-state index contributed by atoms with van der Waals surface area (Å²) < 4.78 is 31.5. The van der Waals surface area contributed by atoms with Crippen LogP contribution in [0.3, 0.4) is 0 Å². The number of rotatable bonds is 5. The van der Waals surface area contributed by atoms with Crippen molar-refractivity contribution in [3.8, 4) is 5.75 Å². The Morgan fingerprint density at radius 2 is 2.21 bits per heavy atom. The molecule has 0 radical (unpaired) electrons. The van der Waals surface area contributed by atoms with Gasteiger partial charge in [-0.15, -0.1) is 0 Å². The zero-order valence-electron chi connectivity index (χ0n) is 14.1. The third-order valence-corrected chi connectivity index (χ3v) is 5.28. The molecule has 1 aliphatic heterocycles. The van der Waals surface area contributed by atoms with Crippen molar-refractivity contribution in [3.05, 3.63) is 29.8 Å². The maximum absolute atomic E-state index is 12.2. The van der Waals surface area contributed by atoms with Gasteiger partial charge in [-0.2, -0.15) is 0 Å². The minimum atomic E-state index is -3.64. The van der Waals surface area contributed by atoms with E-state index in [9.17, 15) is 13.2 Å². The lowest BCUT2D eigenvalue weighted by atomic mass is 10.2. The molecule has 1 atom stereocenters. The van der Waals surface area contributed by atoms with Gasteiger partial charge in [-0.05, 0) is 37.7 Å². The first-order valence-corrected chi connectivity index (χ1v) is 9.17. The lowest BCUT2D eigenvalue weighted by molar-refractivity contribution is -0.127. The molecule has 1 amide bonds. The van der Waals surface area contributed by atoms with Gasteiger partial charge < -0.3 is 15.0 Å². The Balaban J connectivity index is 2.20. The standard InChI is InChI=1S/C16H23N3O4S/c1-12-11-19(9-8-18-12)16(20)7-5-13-4-6-14(23-3)15(10-13)24(21,22)17-2/h4-7,10,12,17-18H,8-9,11H2,1-3H3/b7-5+. The van der Waals surface area contributed by atoms with Crippen LogP contribution in [0.5, 0.6) is 5.75 Å². The minimum absolute atomic E-state index is 0.0397. The van der Waals surface area contributed by atoms with Gasteiger partial charge in [0.2, 0.25) is 15.9 Å². The highest BCUT2D eigenvalue weighted by atomic mass is 32.2. The Hall–Kier alpha value is -1.90. The lowest BCUT2D eigenvalue weighted by Gasteiger charge is -2.31. The van der Waals surface area contributed by atoms with Crippen LogP contribution in [0.1, 0.15) is 12.5 Å². The molecule has 2 rings (SSSR count). The maximum atomic E-state index is 12.2. The number of benzene rings is 1. The van der Waals surface area contributed by atoms with E-state index in [4.69, 9.17) is 4.74 Å². The molecule has 0 aromatic heterocycles. The van der Waals surface area contributed by atoms with Crippen LogP contribution in [0.4, 0.5) is 0 Å². The molecule has 1 aromatic carbocycles. The number of sulfonamides is 1. The number of carbonyl (C=O) groups excluding carboxylic acids is 1. The minimum Gasteiger partial charge on any atom is -0.495 e. The number of nitrogens with zero attached hydrogens (tertiary/aromatic N) is 1. The van der Waals surface area contributed by atoms with Crippen molar-refractivity contribution >= 4 is 22.0 Å². The van der Waals surface area contributed by atoms with Crippen molar-refractivity contribution in [2.45, 2.75) is 17.9 Å². The van der Waals surface area contributed by atoms with Crippen molar-refractivity contribution < 1.29 is 17.9 Å². The van der Waals surface area contributed by atoms with E-state index in [1.807, 2.05) is 6.92 Å². The fourth-order valence-corrected chi connectivity index (χ4v) is 3.45. The van der Waals surface area contributed by atoms with E-state index >= 15 is 0 Å². The topological polar surface area (TPSA) is 87.7 Å². The van der Waals surface area contributed by atoms with Gasteiger partial charge >= 0.3 is 0 Å². The summed E-state index contributed by atoms with van der Waals surface area (Å²) in [5.74, 6) is 0.168. The number of hydrogen-bond donors (Lipinski definition) is 2. The molecule has 1 aliphatic rings. The van der Waals surface area contributed by atoms with E-state index in [-0.39, 0.29) is 22.6 Å². The van der Waals surface area contributed by atoms with Crippen molar-refractivity contribution in [1.82, 2.24) is 14.9 Å². The molecule has 2 N–H and O–H groups in total. The predicted molar refractivity (Wildman–Crippen MR) is 92.3 cm³/mol. The first-order valence-electron chi connectivity index (χ1n) is 7.69. The van der Waals surface area contributed by atoms with Gasteiger partial charge in [-0.25, -0.2) is 13.1 Å². The van der Waals surface area contributed by atoms with Crippen LogP contribution in [-0.4, -0.2) is 59.1 Å². The van der Waals surface area contributed by atoms with E-state index in [1.165, 1.54) is 26.3 Å². The van der Waals surface area contributed by atoms with Crippen molar-refractivity contribution in [2.75, 3.05) is 33.8 Å². The van der Waals surface area contributed by atoms with Crippen LogP contribution < -0.4 is 14.8 Å². The first-order chi connectivity index (χ1) is 11.4. The van der Waals surface area contributed by atoms with E-state index in [0.29, 0.717) is 18.7 Å². The largest absolute Gasteiger partial charge is 0.495 e. The second-order valence-corrected chi connectivity index (χ2v) is 7.45. The summed E-state index contributed by atoms with van der Waals surface area (Å²) in [6.45, 7) is 4.12. The van der Waals surface area contributed by atoms with Gasteiger partial charge in [0.1, 0.15) is 10.6 Å². The first kappa shape index (κ1) is 18.4. The van der Waals surface area contributed by atoms with Gasteiger partial charge in [-0.1, -0.05) is 6.07 Å². The third kappa shape index (κ3) is 4.34. The van der Waals surface area contributed by atoms with E-state index in [2.05, 4.69) is 10.0 Å². The van der Waals surface area contributed by atoms with Crippen molar-refractivity contribution in [1.29, 1.82) is 0 Å². The summed E-state index contributed by atoms with van der Waals surface area (Å²) in [4.78, 5) is 14.0. The lowest BCUT2D eigenvalue weighted by Crippen LogP contribution is -2.50. The molecule has 7 nitrogen and oxygen atoms in total. The number of nitrogens with one attached hydrogen (secondary N) is 2. The molecule has 1 saturated heterocycles. The Labute approximate surface area is 142 Å². The summed E-state index contributed by atoms with van der Waals surface area (Å²) in [7, 11) is -0.891. The van der Waals surface area contributed by atoms with Gasteiger partial charge in [-0.3, -0.25) is 4.79 Å². The van der Waals surface area contributed by atoms with Crippen LogP contribution in [-0.2, 0) is 14.8 Å². The SMILES string of the molecule is CNS(=O)(=O)c1cc(/C=C/C(=O)N2CCNC(C)C2)ccc1OC. The Morgan fingerprint density at radius 3 is 2.83 bits per heavy atom. The van der Waals surface area contributed by atoms with E-state index in [0.717, 1.165) is 6.54 Å². The second-order valence-electron chi connectivity index (χ2n) is 5.59. The van der Waals surface area contributed by atoms with Crippen LogP contribution in [0.15, 0.2) is 29.2 Å². The highest BCUT2D eigenvalue weighted by Crippen LogP contribution is 2.25. The molecular formula is C16H23N3O4S. The van der Waals surface area contributed by atoms with Crippen molar-refractivity contribution in [2.24, 2.45) is 0 Å². The predicted octanol–water partition coefficient (Wildman–Crippen LogP) is 0.437. The zero-order chi connectivity index (χ0) is 17.7. The number of amides is 1. The Morgan fingerprint density at radius 1 is 1.46 bits per heavy atom. The summed E-state index contributed by atoms with van der Waals surface area (Å²) in [5, 5.41) is 3.28. The molecule has 0 bridgehead atoms. The number of methoxy groups -OCH3 is 1. The van der Waals surface area contributed by atoms with E-state index in [1.54, 1.807) is 23.1 Å². The fraction of sp³-hybridized carbons (Fsp3) is 0.438. The summed E-state index contributed by atoms with van der Waals surface area (Å²) in [6, 6.07) is 5.03. The monoisotopic (exact) mass is 353 g/mol. The molecule has 1 heterocycles. The molecule has 24 heavy (non-hydrogen) atoms. The molecule has 0 saturated carbocycles. The second kappa shape index (κ2) is 7.78. The highest BCUT2D eigenvalue weighted by molar-refractivity contribution is 7.89. The number of hydrogen-bond acceptors (Lipinski definition) is 5. The normalized spacial score (nSPS) is 18.8. The van der Waals surface area contributed by atoms with E-state index < -0.39 is 10.0 Å². The number of carbonyl (C=O) groups is 1. The summed E-state index contributed by atoms with van der Waals surface area (Å²) >= 11 is 0. The van der Waals surface area contributed by atoms with Gasteiger partial charge in [0.25, 0.3) is 0 Å². The molecule has 1 unspecified atom stereocenters. The summed E-state index contributed by atoms with van der Waals surface area (Å²) in [5.41, 5.74) is 0.612. The quantitative estimate of drug-likeness (QED) is 0.750. The Bertz CT molecular complexity index is 731. The molecule has 1 aromatic rings. The number of ether oxygens (including phenoxy) is 1. The third-order valence-electron chi connectivity index (χ3n) is 3.84. The van der Waals surface area contributed by atoms with Gasteiger partial charge in [0.05, 0.1) is 7.11 Å². The average molecular weight is 353 g/mol. The molecule has 8 heteroatoms. The van der Waals surface area contributed by atoms with Crippen LogP contribution >= 0.6 is 0 Å². The Kier molecular flexibility index (Phi) is 5.98. The zero-order valence-corrected chi connectivity index (χ0v) is 14.9. The maximum Gasteiger partial charge on any atom is 0.246 e. The van der Waals surface area contributed by atoms with Gasteiger partial charge in [0.15, 0.2) is 0 Å². The van der Waals surface area contributed by atoms with Crippen LogP contribution in [0, 0.1) is 0 Å². The van der Waals surface area contributed by atoms with Crippen molar-refractivity contribution in [3.63, 3.8) is 0 Å². The summed E-state index contributed by atoms with van der Waals surface area (Å²) in [6.07, 6.45) is 3.08. The smallest absolute Gasteiger partial charge is 0.246 e. The molecule has 132 valence electrons. The highest BCUT2D eigenvalue weighted by Gasteiger charge is 2.19. The molecule has 0 spiro atoms. The average Bonchev–Trinajstić information content (AvgIpc) is 2.59.